The molecule has 0 aliphatic rings. The highest BCUT2D eigenvalue weighted by Crippen LogP contribution is 2.25. The highest BCUT2D eigenvalue weighted by molar-refractivity contribution is 7.73. The Hall–Kier alpha value is -1.70. The summed E-state index contributed by atoms with van der Waals surface area (Å²) in [7, 11) is 1.22. The van der Waals surface area contributed by atoms with Crippen molar-refractivity contribution in [2.45, 2.75) is 6.92 Å². The van der Waals surface area contributed by atoms with E-state index in [1.54, 1.807) is 35.8 Å². The Morgan fingerprint density at radius 2 is 1.95 bits per heavy atom. The van der Waals surface area contributed by atoms with Crippen molar-refractivity contribution in [3.05, 3.63) is 43.8 Å². The molecule has 0 N–H and O–H groups in total. The lowest BCUT2D eigenvalue weighted by atomic mass is 10.3. The number of methoxy groups -OCH3 is 1. The van der Waals surface area contributed by atoms with E-state index in [9.17, 15) is 9.59 Å². The zero-order chi connectivity index (χ0) is 16.3. The summed E-state index contributed by atoms with van der Waals surface area (Å²) >= 11 is 12.3. The molecule has 22 heavy (non-hydrogen) atoms. The fourth-order valence-electron chi connectivity index (χ4n) is 1.77. The molecule has 0 amide bonds. The molecule has 0 bridgehead atoms. The van der Waals surface area contributed by atoms with E-state index in [-0.39, 0.29) is 0 Å². The van der Waals surface area contributed by atoms with Crippen LogP contribution in [0.4, 0.5) is 0 Å². The van der Waals surface area contributed by atoms with Crippen LogP contribution in [0.2, 0.25) is 5.02 Å². The smallest absolute Gasteiger partial charge is 0.350 e. The molecular weight excluding hydrogens is 346 g/mol. The van der Waals surface area contributed by atoms with Gasteiger partial charge in [-0.2, -0.15) is 0 Å². The average Bonchev–Trinajstić information content (AvgIpc) is 2.80. The van der Waals surface area contributed by atoms with Crippen LogP contribution in [-0.2, 0) is 14.3 Å². The summed E-state index contributed by atoms with van der Waals surface area (Å²) in [6, 6.07) is 7.10. The first-order chi connectivity index (χ1) is 10.4. The third kappa shape index (κ3) is 3.55. The second-order valence-corrected chi connectivity index (χ2v) is 6.33. The maximum absolute atomic E-state index is 12.0. The molecule has 0 atom stereocenters. The summed E-state index contributed by atoms with van der Waals surface area (Å²) in [6.07, 6.45) is 0. The summed E-state index contributed by atoms with van der Waals surface area (Å²) in [5.74, 6) is -1.22. The summed E-state index contributed by atoms with van der Waals surface area (Å²) in [4.78, 5) is 23.4. The number of carbonyl (C=O) groups excluding carboxylic acids is 2. The van der Waals surface area contributed by atoms with Gasteiger partial charge in [0, 0.05) is 16.4 Å². The van der Waals surface area contributed by atoms with E-state index in [2.05, 4.69) is 4.74 Å². The Kier molecular flexibility index (Phi) is 5.33. The second kappa shape index (κ2) is 7.04. The minimum Gasteiger partial charge on any atom is -0.466 e. The molecular formula is C14H12ClNO4S2. The van der Waals surface area contributed by atoms with Crippen LogP contribution in [0.3, 0.4) is 0 Å². The van der Waals surface area contributed by atoms with Crippen molar-refractivity contribution in [2.24, 2.45) is 0 Å². The number of rotatable bonds is 4. The monoisotopic (exact) mass is 357 g/mol. The van der Waals surface area contributed by atoms with Gasteiger partial charge in [-0.25, -0.2) is 9.59 Å². The third-order valence-electron chi connectivity index (χ3n) is 2.85. The molecule has 0 unspecified atom stereocenters. The number of halogens is 1. The van der Waals surface area contributed by atoms with E-state index >= 15 is 0 Å². The van der Waals surface area contributed by atoms with Crippen LogP contribution in [0.15, 0.2) is 24.3 Å². The summed E-state index contributed by atoms with van der Waals surface area (Å²) in [6.45, 7) is 1.33. The van der Waals surface area contributed by atoms with Crippen LogP contribution < -0.4 is 0 Å². The lowest BCUT2D eigenvalue weighted by molar-refractivity contribution is -0.144. The van der Waals surface area contributed by atoms with Crippen molar-refractivity contribution in [3.63, 3.8) is 0 Å². The molecule has 0 aliphatic heterocycles. The van der Waals surface area contributed by atoms with E-state index in [4.69, 9.17) is 28.6 Å². The minimum absolute atomic E-state index is 0.351. The van der Waals surface area contributed by atoms with Gasteiger partial charge in [-0.15, -0.1) is 0 Å². The first-order valence-corrected chi connectivity index (χ1v) is 7.76. The predicted molar refractivity (Wildman–Crippen MR) is 86.5 cm³/mol. The van der Waals surface area contributed by atoms with Gasteiger partial charge in [-0.1, -0.05) is 22.9 Å². The Labute approximate surface area is 141 Å². The van der Waals surface area contributed by atoms with Gasteiger partial charge in [0.1, 0.15) is 4.88 Å². The molecule has 5 nitrogen and oxygen atoms in total. The molecule has 8 heteroatoms. The maximum atomic E-state index is 12.0. The van der Waals surface area contributed by atoms with Crippen LogP contribution in [0.1, 0.15) is 15.4 Å². The molecule has 0 fully saturated rings. The number of aromatic nitrogens is 1. The zero-order valence-corrected chi connectivity index (χ0v) is 14.2. The molecule has 0 saturated heterocycles. The summed E-state index contributed by atoms with van der Waals surface area (Å²) in [5, 5.41) is 0.612. The van der Waals surface area contributed by atoms with E-state index in [1.807, 2.05) is 0 Å². The van der Waals surface area contributed by atoms with E-state index in [0.717, 1.165) is 17.0 Å². The van der Waals surface area contributed by atoms with Gasteiger partial charge in [0.05, 0.1) is 7.11 Å². The van der Waals surface area contributed by atoms with Crippen LogP contribution >= 0.6 is 35.2 Å². The Morgan fingerprint density at radius 3 is 2.55 bits per heavy atom. The minimum atomic E-state index is -0.619. The van der Waals surface area contributed by atoms with Crippen LogP contribution in [0.25, 0.3) is 5.69 Å². The van der Waals surface area contributed by atoms with E-state index in [1.165, 1.54) is 7.11 Å². The van der Waals surface area contributed by atoms with Crippen molar-refractivity contribution in [2.75, 3.05) is 13.7 Å². The number of ether oxygens (including phenoxy) is 2. The van der Waals surface area contributed by atoms with Gasteiger partial charge in [0.15, 0.2) is 10.6 Å². The summed E-state index contributed by atoms with van der Waals surface area (Å²) < 4.78 is 11.6. The molecule has 2 aromatic rings. The Bertz CT molecular complexity index is 764. The largest absolute Gasteiger partial charge is 0.466 e. The van der Waals surface area contributed by atoms with Gasteiger partial charge in [0.25, 0.3) is 0 Å². The molecule has 2 rings (SSSR count). The van der Waals surface area contributed by atoms with Crippen molar-refractivity contribution in [1.29, 1.82) is 0 Å². The normalized spacial score (nSPS) is 10.3. The Morgan fingerprint density at radius 1 is 1.32 bits per heavy atom. The molecule has 1 heterocycles. The van der Waals surface area contributed by atoms with Crippen LogP contribution in [0.5, 0.6) is 0 Å². The standard InChI is InChI=1S/C14H12ClNO4S2/c1-8-12(13(18)20-7-11(17)19-2)22-14(21)16(8)10-5-3-9(15)4-6-10/h3-6H,7H2,1-2H3. The number of nitrogens with zero attached hydrogens (tertiary/aromatic N) is 1. The average molecular weight is 358 g/mol. The van der Waals surface area contributed by atoms with Gasteiger partial charge in [-0.3, -0.25) is 4.57 Å². The molecule has 1 aromatic carbocycles. The lowest BCUT2D eigenvalue weighted by Crippen LogP contribution is -2.15. The number of carbonyl (C=O) groups is 2. The molecule has 1 aromatic heterocycles. The third-order valence-corrected chi connectivity index (χ3v) is 4.56. The van der Waals surface area contributed by atoms with Crippen LogP contribution in [-0.4, -0.2) is 30.2 Å². The van der Waals surface area contributed by atoms with Crippen molar-refractivity contribution >= 4 is 47.1 Å². The van der Waals surface area contributed by atoms with Gasteiger partial charge >= 0.3 is 11.9 Å². The number of benzene rings is 1. The number of thiazole rings is 1. The molecule has 0 spiro atoms. The fraction of sp³-hybridized carbons (Fsp3) is 0.214. The zero-order valence-electron chi connectivity index (χ0n) is 11.8. The molecule has 0 saturated carbocycles. The highest BCUT2D eigenvalue weighted by atomic mass is 35.5. The predicted octanol–water partition coefficient (Wildman–Crippen LogP) is 3.56. The van der Waals surface area contributed by atoms with E-state index < -0.39 is 18.5 Å². The summed E-state index contributed by atoms with van der Waals surface area (Å²) in [5.41, 5.74) is 1.45. The van der Waals surface area contributed by atoms with Crippen LogP contribution in [0, 0.1) is 10.9 Å². The van der Waals surface area contributed by atoms with Gasteiger partial charge < -0.3 is 9.47 Å². The number of esters is 2. The molecule has 116 valence electrons. The van der Waals surface area contributed by atoms with Crippen molar-refractivity contribution < 1.29 is 19.1 Å². The van der Waals surface area contributed by atoms with E-state index in [0.29, 0.717) is 19.5 Å². The van der Waals surface area contributed by atoms with Gasteiger partial charge in [0.2, 0.25) is 0 Å². The van der Waals surface area contributed by atoms with Crippen molar-refractivity contribution in [3.8, 4) is 5.69 Å². The van der Waals surface area contributed by atoms with Crippen molar-refractivity contribution in [1.82, 2.24) is 4.57 Å². The topological polar surface area (TPSA) is 57.5 Å². The number of hydrogen-bond donors (Lipinski definition) is 0. The van der Waals surface area contributed by atoms with Gasteiger partial charge in [-0.05, 0) is 43.4 Å². The lowest BCUT2D eigenvalue weighted by Gasteiger charge is -2.07. The molecule has 0 aliphatic carbocycles. The quantitative estimate of drug-likeness (QED) is 0.618. The SMILES string of the molecule is COC(=O)COC(=O)c1sc(=S)n(-c2ccc(Cl)cc2)c1C. The first kappa shape index (κ1) is 16.7. The first-order valence-electron chi connectivity index (χ1n) is 6.16. The highest BCUT2D eigenvalue weighted by Gasteiger charge is 2.19. The number of hydrogen-bond acceptors (Lipinski definition) is 6. The fourth-order valence-corrected chi connectivity index (χ4v) is 3.28. The molecule has 0 radical (unpaired) electrons. The maximum Gasteiger partial charge on any atom is 0.350 e. The second-order valence-electron chi connectivity index (χ2n) is 4.25. The Balaban J connectivity index is 2.31.